The van der Waals surface area contributed by atoms with Crippen LogP contribution in [-0.4, -0.2) is 34.5 Å². The third kappa shape index (κ3) is 3.84. The largest absolute Gasteiger partial charge is 0.478 e. The van der Waals surface area contributed by atoms with E-state index in [9.17, 15) is 9.59 Å². The average Bonchev–Trinajstić information content (AvgIpc) is 2.47. The third-order valence-electron chi connectivity index (χ3n) is 4.20. The van der Waals surface area contributed by atoms with Gasteiger partial charge in [0.1, 0.15) is 0 Å². The van der Waals surface area contributed by atoms with E-state index in [1.807, 2.05) is 4.90 Å². The first kappa shape index (κ1) is 15.5. The number of carbonyl (C=O) groups is 2. The van der Waals surface area contributed by atoms with E-state index in [2.05, 4.69) is 13.8 Å². The van der Waals surface area contributed by atoms with Crippen LogP contribution in [0.2, 0.25) is 0 Å². The molecule has 0 spiro atoms. The lowest BCUT2D eigenvalue weighted by Crippen LogP contribution is -2.47. The van der Waals surface area contributed by atoms with Crippen molar-refractivity contribution in [1.82, 2.24) is 4.90 Å². The number of hydrogen-bond donors (Lipinski definition) is 1. The number of nitrogens with zero attached hydrogens (tertiary/aromatic N) is 1. The van der Waals surface area contributed by atoms with Crippen molar-refractivity contribution in [2.24, 2.45) is 5.92 Å². The summed E-state index contributed by atoms with van der Waals surface area (Å²) < 4.78 is 0. The van der Waals surface area contributed by atoms with Crippen molar-refractivity contribution in [1.29, 1.82) is 0 Å². The molecule has 0 aromatic heterocycles. The maximum atomic E-state index is 12.5. The Morgan fingerprint density at radius 1 is 1.24 bits per heavy atom. The molecule has 1 N–H and O–H groups in total. The topological polar surface area (TPSA) is 57.6 Å². The van der Waals surface area contributed by atoms with Gasteiger partial charge in [-0.25, -0.2) is 4.79 Å². The Morgan fingerprint density at radius 3 is 2.48 bits per heavy atom. The van der Waals surface area contributed by atoms with Gasteiger partial charge in [0, 0.05) is 12.6 Å². The highest BCUT2D eigenvalue weighted by Crippen LogP contribution is 2.24. The first-order valence-electron chi connectivity index (χ1n) is 7.60. The van der Waals surface area contributed by atoms with Gasteiger partial charge in [0.15, 0.2) is 0 Å². The molecule has 1 saturated heterocycles. The van der Waals surface area contributed by atoms with Gasteiger partial charge in [-0.15, -0.1) is 0 Å². The molecule has 0 bridgehead atoms. The average molecular weight is 289 g/mol. The first-order chi connectivity index (χ1) is 9.99. The molecule has 1 unspecified atom stereocenters. The zero-order valence-electron chi connectivity index (χ0n) is 12.7. The van der Waals surface area contributed by atoms with Gasteiger partial charge in [-0.1, -0.05) is 26.0 Å². The highest BCUT2D eigenvalue weighted by molar-refractivity contribution is 5.87. The van der Waals surface area contributed by atoms with Crippen LogP contribution in [0.15, 0.2) is 24.3 Å². The molecule has 1 aliphatic heterocycles. The Bertz CT molecular complexity index is 507. The Kier molecular flexibility index (Phi) is 4.99. The minimum Gasteiger partial charge on any atom is -0.478 e. The van der Waals surface area contributed by atoms with Crippen molar-refractivity contribution in [2.45, 2.75) is 45.6 Å². The van der Waals surface area contributed by atoms with Crippen LogP contribution < -0.4 is 0 Å². The summed E-state index contributed by atoms with van der Waals surface area (Å²) in [5.41, 5.74) is 1.13. The predicted octanol–water partition coefficient (Wildman–Crippen LogP) is 2.96. The number of hydrogen-bond acceptors (Lipinski definition) is 2. The van der Waals surface area contributed by atoms with Gasteiger partial charge >= 0.3 is 5.97 Å². The molecule has 21 heavy (non-hydrogen) atoms. The van der Waals surface area contributed by atoms with Gasteiger partial charge in [0.05, 0.1) is 12.0 Å². The van der Waals surface area contributed by atoms with Crippen LogP contribution in [0.3, 0.4) is 0 Å². The SMILES string of the molecule is CC(C)C1CCCCN1C(=O)Cc1ccc(C(=O)O)cc1. The van der Waals surface area contributed by atoms with E-state index in [1.54, 1.807) is 24.3 Å². The standard InChI is InChI=1S/C17H23NO3/c1-12(2)15-5-3-4-10-18(15)16(19)11-13-6-8-14(9-7-13)17(20)21/h6-9,12,15H,3-5,10-11H2,1-2H3,(H,20,21). The van der Waals surface area contributed by atoms with Gasteiger partial charge in [-0.05, 0) is 42.9 Å². The van der Waals surface area contributed by atoms with Gasteiger partial charge in [0.2, 0.25) is 5.91 Å². The van der Waals surface area contributed by atoms with Crippen molar-refractivity contribution in [2.75, 3.05) is 6.54 Å². The monoisotopic (exact) mass is 289 g/mol. The van der Waals surface area contributed by atoms with Crippen molar-refractivity contribution in [3.8, 4) is 0 Å². The summed E-state index contributed by atoms with van der Waals surface area (Å²) in [6.45, 7) is 5.17. The van der Waals surface area contributed by atoms with E-state index in [1.165, 1.54) is 6.42 Å². The molecule has 1 atom stereocenters. The van der Waals surface area contributed by atoms with Crippen LogP contribution in [0.4, 0.5) is 0 Å². The van der Waals surface area contributed by atoms with E-state index in [0.29, 0.717) is 18.4 Å². The van der Waals surface area contributed by atoms with Crippen LogP contribution in [-0.2, 0) is 11.2 Å². The quantitative estimate of drug-likeness (QED) is 0.927. The summed E-state index contributed by atoms with van der Waals surface area (Å²) in [6, 6.07) is 6.91. The van der Waals surface area contributed by atoms with Crippen LogP contribution >= 0.6 is 0 Å². The first-order valence-corrected chi connectivity index (χ1v) is 7.60. The minimum atomic E-state index is -0.941. The number of rotatable bonds is 4. The Balaban J connectivity index is 2.04. The summed E-state index contributed by atoms with van der Waals surface area (Å²) >= 11 is 0. The molecule has 1 aromatic rings. The highest BCUT2D eigenvalue weighted by atomic mass is 16.4. The molecule has 1 heterocycles. The number of aromatic carboxylic acids is 1. The summed E-state index contributed by atoms with van der Waals surface area (Å²) in [7, 11) is 0. The van der Waals surface area contributed by atoms with Crippen LogP contribution in [0.25, 0.3) is 0 Å². The summed E-state index contributed by atoms with van der Waals surface area (Å²) in [5.74, 6) is -0.316. The lowest BCUT2D eigenvalue weighted by molar-refractivity contribution is -0.135. The van der Waals surface area contributed by atoms with Crippen molar-refractivity contribution in [3.63, 3.8) is 0 Å². The molecule has 1 aromatic carbocycles. The molecule has 0 radical (unpaired) electrons. The van der Waals surface area contributed by atoms with E-state index in [4.69, 9.17) is 5.11 Å². The number of likely N-dealkylation sites (tertiary alicyclic amines) is 1. The Hall–Kier alpha value is -1.84. The van der Waals surface area contributed by atoms with Crippen molar-refractivity contribution < 1.29 is 14.7 Å². The second kappa shape index (κ2) is 6.74. The lowest BCUT2D eigenvalue weighted by atomic mass is 9.92. The molecule has 4 nitrogen and oxygen atoms in total. The molecule has 2 rings (SSSR count). The van der Waals surface area contributed by atoms with Gasteiger partial charge in [-0.3, -0.25) is 4.79 Å². The summed E-state index contributed by atoms with van der Waals surface area (Å²) in [6.07, 6.45) is 3.71. The molecule has 4 heteroatoms. The second-order valence-electron chi connectivity index (χ2n) is 6.07. The predicted molar refractivity (Wildman–Crippen MR) is 81.3 cm³/mol. The normalized spacial score (nSPS) is 18.8. The number of carbonyl (C=O) groups excluding carboxylic acids is 1. The zero-order valence-corrected chi connectivity index (χ0v) is 12.7. The molecule has 0 aliphatic carbocycles. The van der Waals surface area contributed by atoms with E-state index in [0.717, 1.165) is 24.9 Å². The smallest absolute Gasteiger partial charge is 0.335 e. The molecule has 1 amide bonds. The molecule has 1 fully saturated rings. The van der Waals surface area contributed by atoms with Crippen molar-refractivity contribution in [3.05, 3.63) is 35.4 Å². The maximum Gasteiger partial charge on any atom is 0.335 e. The lowest BCUT2D eigenvalue weighted by Gasteiger charge is -2.38. The highest BCUT2D eigenvalue weighted by Gasteiger charge is 2.28. The third-order valence-corrected chi connectivity index (χ3v) is 4.20. The molecular weight excluding hydrogens is 266 g/mol. The van der Waals surface area contributed by atoms with Gasteiger partial charge in [0.25, 0.3) is 0 Å². The molecule has 1 aliphatic rings. The van der Waals surface area contributed by atoms with Crippen molar-refractivity contribution >= 4 is 11.9 Å². The fraction of sp³-hybridized carbons (Fsp3) is 0.529. The van der Waals surface area contributed by atoms with E-state index < -0.39 is 5.97 Å². The number of benzene rings is 1. The summed E-state index contributed by atoms with van der Waals surface area (Å²) in [5, 5.41) is 8.88. The van der Waals surface area contributed by atoms with Gasteiger partial charge in [-0.2, -0.15) is 0 Å². The van der Waals surface area contributed by atoms with Gasteiger partial charge < -0.3 is 10.0 Å². The number of piperidine rings is 1. The molecule has 0 saturated carbocycles. The maximum absolute atomic E-state index is 12.5. The van der Waals surface area contributed by atoms with Crippen LogP contribution in [0.5, 0.6) is 0 Å². The van der Waals surface area contributed by atoms with Crippen LogP contribution in [0, 0.1) is 5.92 Å². The van der Waals surface area contributed by atoms with Crippen LogP contribution in [0.1, 0.15) is 49.0 Å². The Morgan fingerprint density at radius 2 is 1.90 bits per heavy atom. The van der Waals surface area contributed by atoms with E-state index >= 15 is 0 Å². The molecular formula is C17H23NO3. The fourth-order valence-electron chi connectivity index (χ4n) is 3.00. The number of carboxylic acids is 1. The minimum absolute atomic E-state index is 0.150. The fourth-order valence-corrected chi connectivity index (χ4v) is 3.00. The second-order valence-corrected chi connectivity index (χ2v) is 6.07. The Labute approximate surface area is 125 Å². The zero-order chi connectivity index (χ0) is 15.4. The number of amides is 1. The van der Waals surface area contributed by atoms with E-state index in [-0.39, 0.29) is 11.5 Å². The number of carboxylic acid groups (broad SMARTS) is 1. The molecule has 114 valence electrons. The summed E-state index contributed by atoms with van der Waals surface area (Å²) in [4.78, 5) is 25.3.